The molecule has 2 heterocycles. The molecule has 0 saturated carbocycles. The number of para-hydroxylation sites is 1. The highest BCUT2D eigenvalue weighted by molar-refractivity contribution is 8.14. The van der Waals surface area contributed by atoms with E-state index in [4.69, 9.17) is 4.52 Å². The number of thioether (sulfide) groups is 1. The third-order valence-electron chi connectivity index (χ3n) is 4.17. The van der Waals surface area contributed by atoms with E-state index in [1.165, 1.54) is 16.7 Å². The van der Waals surface area contributed by atoms with Gasteiger partial charge in [-0.25, -0.2) is 4.99 Å². The Morgan fingerprint density at radius 3 is 2.50 bits per heavy atom. The van der Waals surface area contributed by atoms with Crippen LogP contribution in [0.3, 0.4) is 0 Å². The van der Waals surface area contributed by atoms with Gasteiger partial charge in [0.2, 0.25) is 5.91 Å². The molecule has 0 bridgehead atoms. The van der Waals surface area contributed by atoms with Gasteiger partial charge >= 0.3 is 0 Å². The first-order chi connectivity index (χ1) is 14.6. The molecule has 3 aromatic rings. The highest BCUT2D eigenvalue weighted by Crippen LogP contribution is 2.29. The van der Waals surface area contributed by atoms with E-state index in [9.17, 15) is 9.59 Å². The number of anilines is 2. The summed E-state index contributed by atoms with van der Waals surface area (Å²) in [5.41, 5.74) is 1.89. The Balaban J connectivity index is 1.55. The van der Waals surface area contributed by atoms with Crippen LogP contribution in [0.2, 0.25) is 0 Å². The minimum atomic E-state index is -0.267. The number of amides is 2. The number of aromatic nitrogens is 1. The van der Waals surface area contributed by atoms with Crippen LogP contribution in [-0.2, 0) is 9.59 Å². The SMILES string of the molecule is Cc1cc(NC(=O)CSC2=N/C(=C/c3ccccc3)C(=O)N2c2ccccc2)no1. The van der Waals surface area contributed by atoms with Gasteiger partial charge in [0.05, 0.1) is 11.4 Å². The predicted molar refractivity (Wildman–Crippen MR) is 118 cm³/mol. The highest BCUT2D eigenvalue weighted by atomic mass is 32.2. The monoisotopic (exact) mass is 418 g/mol. The lowest BCUT2D eigenvalue weighted by Gasteiger charge is -2.17. The van der Waals surface area contributed by atoms with Crippen molar-refractivity contribution in [3.8, 4) is 0 Å². The summed E-state index contributed by atoms with van der Waals surface area (Å²) in [6.45, 7) is 1.74. The molecule has 0 saturated heterocycles. The van der Waals surface area contributed by atoms with Gasteiger partial charge in [0.25, 0.3) is 5.91 Å². The zero-order chi connectivity index (χ0) is 20.9. The van der Waals surface area contributed by atoms with Gasteiger partial charge < -0.3 is 9.84 Å². The van der Waals surface area contributed by atoms with Crippen molar-refractivity contribution in [1.82, 2.24) is 5.16 Å². The van der Waals surface area contributed by atoms with Gasteiger partial charge in [0, 0.05) is 6.07 Å². The molecular weight excluding hydrogens is 400 g/mol. The van der Waals surface area contributed by atoms with Crippen LogP contribution < -0.4 is 10.2 Å². The molecular formula is C22H18N4O3S. The van der Waals surface area contributed by atoms with Crippen molar-refractivity contribution >= 4 is 46.3 Å². The summed E-state index contributed by atoms with van der Waals surface area (Å²) in [6.07, 6.45) is 1.74. The molecule has 0 spiro atoms. The number of hydrogen-bond acceptors (Lipinski definition) is 6. The van der Waals surface area contributed by atoms with Gasteiger partial charge in [0.15, 0.2) is 11.0 Å². The number of nitrogens with one attached hydrogen (secondary N) is 1. The lowest BCUT2D eigenvalue weighted by atomic mass is 10.2. The Bertz CT molecular complexity index is 1120. The minimum absolute atomic E-state index is 0.0694. The maximum atomic E-state index is 13.1. The molecule has 2 aromatic carbocycles. The van der Waals surface area contributed by atoms with Crippen LogP contribution in [0, 0.1) is 6.92 Å². The molecule has 8 heteroatoms. The summed E-state index contributed by atoms with van der Waals surface area (Å²) in [5, 5.41) is 6.86. The molecule has 30 heavy (non-hydrogen) atoms. The van der Waals surface area contributed by atoms with Crippen LogP contribution in [0.4, 0.5) is 11.5 Å². The van der Waals surface area contributed by atoms with Crippen LogP contribution in [-0.4, -0.2) is 27.9 Å². The minimum Gasteiger partial charge on any atom is -0.360 e. The van der Waals surface area contributed by atoms with Crippen LogP contribution in [0.15, 0.2) is 81.9 Å². The second kappa shape index (κ2) is 8.79. The molecule has 1 aliphatic heterocycles. The summed E-state index contributed by atoms with van der Waals surface area (Å²) < 4.78 is 4.95. The predicted octanol–water partition coefficient (Wildman–Crippen LogP) is 4.10. The normalized spacial score (nSPS) is 14.8. The average Bonchev–Trinajstić information content (AvgIpc) is 3.30. The van der Waals surface area contributed by atoms with E-state index < -0.39 is 0 Å². The fourth-order valence-corrected chi connectivity index (χ4v) is 3.65. The largest absolute Gasteiger partial charge is 0.360 e. The maximum Gasteiger partial charge on any atom is 0.283 e. The van der Waals surface area contributed by atoms with Crippen LogP contribution >= 0.6 is 11.8 Å². The first kappa shape index (κ1) is 19.7. The molecule has 4 rings (SSSR count). The molecule has 1 aliphatic rings. The topological polar surface area (TPSA) is 87.8 Å². The zero-order valence-corrected chi connectivity index (χ0v) is 16.9. The average molecular weight is 418 g/mol. The molecule has 0 radical (unpaired) electrons. The Morgan fingerprint density at radius 2 is 1.83 bits per heavy atom. The molecule has 0 fully saturated rings. The number of aryl methyl sites for hydroxylation is 1. The van der Waals surface area contributed by atoms with Crippen molar-refractivity contribution in [1.29, 1.82) is 0 Å². The van der Waals surface area contributed by atoms with Gasteiger partial charge in [-0.05, 0) is 30.7 Å². The smallest absolute Gasteiger partial charge is 0.283 e. The van der Waals surface area contributed by atoms with Gasteiger partial charge in [-0.2, -0.15) is 0 Å². The third-order valence-corrected chi connectivity index (χ3v) is 5.11. The Morgan fingerprint density at radius 1 is 1.13 bits per heavy atom. The Labute approximate surface area is 177 Å². The highest BCUT2D eigenvalue weighted by Gasteiger charge is 2.32. The number of hydrogen-bond donors (Lipinski definition) is 1. The van der Waals surface area contributed by atoms with Gasteiger partial charge in [-0.15, -0.1) is 0 Å². The molecule has 0 unspecified atom stereocenters. The van der Waals surface area contributed by atoms with Crippen molar-refractivity contribution in [3.05, 3.63) is 83.8 Å². The number of benzene rings is 2. The lowest BCUT2D eigenvalue weighted by molar-refractivity contribution is -0.114. The first-order valence-electron chi connectivity index (χ1n) is 9.21. The van der Waals surface area contributed by atoms with Crippen molar-refractivity contribution in [2.75, 3.05) is 16.0 Å². The third kappa shape index (κ3) is 4.49. The Kier molecular flexibility index (Phi) is 5.76. The van der Waals surface area contributed by atoms with Gasteiger partial charge in [-0.1, -0.05) is 65.4 Å². The van der Waals surface area contributed by atoms with E-state index in [0.29, 0.717) is 28.1 Å². The molecule has 1 aromatic heterocycles. The first-order valence-corrected chi connectivity index (χ1v) is 10.2. The van der Waals surface area contributed by atoms with E-state index in [1.54, 1.807) is 19.1 Å². The van der Waals surface area contributed by atoms with Crippen LogP contribution in [0.25, 0.3) is 6.08 Å². The summed E-state index contributed by atoms with van der Waals surface area (Å²) in [7, 11) is 0. The van der Waals surface area contributed by atoms with Crippen molar-refractivity contribution < 1.29 is 14.1 Å². The van der Waals surface area contributed by atoms with E-state index in [1.807, 2.05) is 60.7 Å². The summed E-state index contributed by atoms with van der Waals surface area (Å²) in [6, 6.07) is 20.4. The molecule has 1 N–H and O–H groups in total. The van der Waals surface area contributed by atoms with Crippen molar-refractivity contribution in [2.45, 2.75) is 6.92 Å². The molecule has 150 valence electrons. The number of aliphatic imine (C=N–C) groups is 1. The number of rotatable bonds is 5. The summed E-state index contributed by atoms with van der Waals surface area (Å²) >= 11 is 1.18. The fraction of sp³-hybridized carbons (Fsp3) is 0.0909. The lowest BCUT2D eigenvalue weighted by Crippen LogP contribution is -2.31. The number of carbonyl (C=O) groups excluding carboxylic acids is 2. The van der Waals surface area contributed by atoms with E-state index in [-0.39, 0.29) is 17.6 Å². The number of nitrogens with zero attached hydrogens (tertiary/aromatic N) is 3. The number of amidine groups is 1. The summed E-state index contributed by atoms with van der Waals surface area (Å²) in [5.74, 6) is 0.527. The molecule has 2 amide bonds. The van der Waals surface area contributed by atoms with E-state index >= 15 is 0 Å². The Hall–Kier alpha value is -3.65. The molecule has 0 atom stereocenters. The van der Waals surface area contributed by atoms with Gasteiger partial charge in [-0.3, -0.25) is 14.5 Å². The summed E-state index contributed by atoms with van der Waals surface area (Å²) in [4.78, 5) is 31.4. The second-order valence-electron chi connectivity index (χ2n) is 6.47. The van der Waals surface area contributed by atoms with Crippen molar-refractivity contribution in [3.63, 3.8) is 0 Å². The van der Waals surface area contributed by atoms with Gasteiger partial charge in [0.1, 0.15) is 11.5 Å². The standard InChI is InChI=1S/C22H18N4O3S/c1-15-12-19(25-29-15)24-20(27)14-30-22-23-18(13-16-8-4-2-5-9-16)21(28)26(22)17-10-6-3-7-11-17/h2-13H,14H2,1H3,(H,24,25,27)/b18-13+. The quantitative estimate of drug-likeness (QED) is 0.631. The number of carbonyl (C=O) groups is 2. The second-order valence-corrected chi connectivity index (χ2v) is 7.41. The zero-order valence-electron chi connectivity index (χ0n) is 16.1. The van der Waals surface area contributed by atoms with E-state index in [2.05, 4.69) is 15.5 Å². The van der Waals surface area contributed by atoms with Crippen molar-refractivity contribution in [2.24, 2.45) is 4.99 Å². The fourth-order valence-electron chi connectivity index (χ4n) is 2.84. The van der Waals surface area contributed by atoms with Crippen LogP contribution in [0.5, 0.6) is 0 Å². The van der Waals surface area contributed by atoms with Crippen LogP contribution in [0.1, 0.15) is 11.3 Å². The molecule has 0 aliphatic carbocycles. The molecule has 7 nitrogen and oxygen atoms in total. The maximum absolute atomic E-state index is 13.1. The van der Waals surface area contributed by atoms with E-state index in [0.717, 1.165) is 5.56 Å².